The van der Waals surface area contributed by atoms with Gasteiger partial charge in [0.15, 0.2) is 0 Å². The van der Waals surface area contributed by atoms with Crippen LogP contribution in [0.2, 0.25) is 0 Å². The first-order valence-electron chi connectivity index (χ1n) is 6.12. The van der Waals surface area contributed by atoms with E-state index in [-0.39, 0.29) is 6.61 Å². The number of hydrogen-bond donors (Lipinski definition) is 3. The van der Waals surface area contributed by atoms with Crippen molar-refractivity contribution in [2.24, 2.45) is 0 Å². The summed E-state index contributed by atoms with van der Waals surface area (Å²) in [7, 11) is -9.82. The van der Waals surface area contributed by atoms with Crippen molar-refractivity contribution < 1.29 is 32.6 Å². The van der Waals surface area contributed by atoms with E-state index in [9.17, 15) is 9.13 Å². The number of hydrogen-bond acceptors (Lipinski definition) is 4. The van der Waals surface area contributed by atoms with Gasteiger partial charge in [-0.1, -0.05) is 42.0 Å². The summed E-state index contributed by atoms with van der Waals surface area (Å²) in [6.07, 6.45) is 3.12. The zero-order chi connectivity index (χ0) is 15.9. The van der Waals surface area contributed by atoms with Crippen LogP contribution in [0.15, 0.2) is 42.0 Å². The number of phosphoric acid groups is 2. The van der Waals surface area contributed by atoms with E-state index in [0.29, 0.717) is 0 Å². The summed E-state index contributed by atoms with van der Waals surface area (Å²) < 4.78 is 29.7. The Hall–Kier alpha value is -0.780. The van der Waals surface area contributed by atoms with Crippen LogP contribution >= 0.6 is 15.6 Å². The number of rotatable bonds is 8. The van der Waals surface area contributed by atoms with Crippen molar-refractivity contribution in [3.63, 3.8) is 0 Å². The van der Waals surface area contributed by atoms with Crippen molar-refractivity contribution in [1.82, 2.24) is 0 Å². The molecule has 0 amide bonds. The first kappa shape index (κ1) is 18.3. The van der Waals surface area contributed by atoms with E-state index in [1.165, 1.54) is 5.56 Å². The molecule has 1 rings (SSSR count). The minimum atomic E-state index is -5.06. The second kappa shape index (κ2) is 8.01. The molecule has 118 valence electrons. The Bertz CT molecular complexity index is 564. The van der Waals surface area contributed by atoms with Crippen molar-refractivity contribution in [3.05, 3.63) is 47.5 Å². The van der Waals surface area contributed by atoms with Crippen LogP contribution < -0.4 is 0 Å². The molecule has 0 aliphatic rings. The highest BCUT2D eigenvalue weighted by Crippen LogP contribution is 2.57. The minimum absolute atomic E-state index is 0.269. The SMILES string of the molecule is C/C(=C\COP(=O)(O)OP(=O)(O)O)CCc1ccccc1. The van der Waals surface area contributed by atoms with Crippen molar-refractivity contribution in [3.8, 4) is 0 Å². The molecular weight excluding hydrogens is 318 g/mol. The Kier molecular flexibility index (Phi) is 6.97. The van der Waals surface area contributed by atoms with Gasteiger partial charge in [-0.2, -0.15) is 4.31 Å². The summed E-state index contributed by atoms with van der Waals surface area (Å²) in [6.45, 7) is 1.56. The molecule has 0 saturated heterocycles. The maximum atomic E-state index is 11.2. The Morgan fingerprint density at radius 1 is 1.19 bits per heavy atom. The first-order chi connectivity index (χ1) is 9.68. The summed E-state index contributed by atoms with van der Waals surface area (Å²) in [6, 6.07) is 9.82. The topological polar surface area (TPSA) is 113 Å². The third kappa shape index (κ3) is 8.96. The fourth-order valence-electron chi connectivity index (χ4n) is 1.52. The maximum Gasteiger partial charge on any atom is 0.481 e. The van der Waals surface area contributed by atoms with E-state index >= 15 is 0 Å². The Balaban J connectivity index is 2.39. The quantitative estimate of drug-likeness (QED) is 0.494. The van der Waals surface area contributed by atoms with Crippen molar-refractivity contribution in [2.75, 3.05) is 6.61 Å². The van der Waals surface area contributed by atoms with Crippen LogP contribution in [0.1, 0.15) is 18.9 Å². The lowest BCUT2D eigenvalue weighted by atomic mass is 10.1. The number of phosphoric ester groups is 1. The van der Waals surface area contributed by atoms with Gasteiger partial charge >= 0.3 is 15.6 Å². The zero-order valence-corrected chi connectivity index (χ0v) is 13.2. The van der Waals surface area contributed by atoms with Gasteiger partial charge in [-0.15, -0.1) is 0 Å². The highest BCUT2D eigenvalue weighted by molar-refractivity contribution is 7.60. The van der Waals surface area contributed by atoms with Crippen LogP contribution in [-0.2, 0) is 24.4 Å². The monoisotopic (exact) mass is 336 g/mol. The van der Waals surface area contributed by atoms with Gasteiger partial charge in [0.05, 0.1) is 6.61 Å². The van der Waals surface area contributed by atoms with E-state index < -0.39 is 15.6 Å². The predicted octanol–water partition coefficient (Wildman–Crippen LogP) is 2.79. The standard InChI is InChI=1S/C12H18O7P2/c1-11(7-8-12-5-3-2-4-6-12)9-10-18-21(16,17)19-20(13,14)15/h2-6,9H,7-8,10H2,1H3,(H,16,17)(H2,13,14,15)/b11-9+. The van der Waals surface area contributed by atoms with Gasteiger partial charge in [-0.3, -0.25) is 4.52 Å². The van der Waals surface area contributed by atoms with E-state index in [4.69, 9.17) is 14.7 Å². The Morgan fingerprint density at radius 2 is 1.81 bits per heavy atom. The number of benzene rings is 1. The molecule has 1 atom stereocenters. The normalized spacial score (nSPS) is 15.7. The van der Waals surface area contributed by atoms with Crippen LogP contribution in [0.5, 0.6) is 0 Å². The second-order valence-electron chi connectivity index (χ2n) is 4.37. The molecule has 21 heavy (non-hydrogen) atoms. The molecule has 0 fully saturated rings. The average Bonchev–Trinajstić information content (AvgIpc) is 2.34. The lowest BCUT2D eigenvalue weighted by Crippen LogP contribution is -1.95. The summed E-state index contributed by atoms with van der Waals surface area (Å²) >= 11 is 0. The van der Waals surface area contributed by atoms with E-state index in [0.717, 1.165) is 18.4 Å². The van der Waals surface area contributed by atoms with Gasteiger partial charge in [0.2, 0.25) is 0 Å². The van der Waals surface area contributed by atoms with E-state index in [1.807, 2.05) is 37.3 Å². The molecule has 0 bridgehead atoms. The molecule has 0 radical (unpaired) electrons. The van der Waals surface area contributed by atoms with Crippen molar-refractivity contribution in [1.29, 1.82) is 0 Å². The average molecular weight is 336 g/mol. The molecule has 0 saturated carbocycles. The summed E-state index contributed by atoms with van der Waals surface area (Å²) in [4.78, 5) is 25.9. The van der Waals surface area contributed by atoms with Gasteiger partial charge in [-0.25, -0.2) is 9.13 Å². The second-order valence-corrected chi connectivity index (χ2v) is 7.20. The molecule has 0 heterocycles. The first-order valence-corrected chi connectivity index (χ1v) is 9.14. The van der Waals surface area contributed by atoms with Gasteiger partial charge in [0.25, 0.3) is 0 Å². The van der Waals surface area contributed by atoms with Gasteiger partial charge in [0.1, 0.15) is 0 Å². The largest absolute Gasteiger partial charge is 0.481 e. The van der Waals surface area contributed by atoms with Crippen LogP contribution in [0.4, 0.5) is 0 Å². The smallest absolute Gasteiger partial charge is 0.302 e. The highest BCUT2D eigenvalue weighted by atomic mass is 31.3. The molecule has 1 unspecified atom stereocenters. The molecule has 3 N–H and O–H groups in total. The van der Waals surface area contributed by atoms with Crippen molar-refractivity contribution in [2.45, 2.75) is 19.8 Å². The van der Waals surface area contributed by atoms with Gasteiger partial charge in [0, 0.05) is 0 Å². The summed E-state index contributed by atoms with van der Waals surface area (Å²) in [5, 5.41) is 0. The van der Waals surface area contributed by atoms with E-state index in [1.54, 1.807) is 6.08 Å². The zero-order valence-electron chi connectivity index (χ0n) is 11.5. The number of allylic oxidation sites excluding steroid dienone is 1. The van der Waals surface area contributed by atoms with Crippen LogP contribution in [0.25, 0.3) is 0 Å². The highest BCUT2D eigenvalue weighted by Gasteiger charge is 2.31. The van der Waals surface area contributed by atoms with Crippen LogP contribution in [0.3, 0.4) is 0 Å². The maximum absolute atomic E-state index is 11.2. The molecule has 0 aromatic heterocycles. The Morgan fingerprint density at radius 3 is 2.38 bits per heavy atom. The van der Waals surface area contributed by atoms with Crippen LogP contribution in [0, 0.1) is 0 Å². The minimum Gasteiger partial charge on any atom is -0.302 e. The molecule has 0 aliphatic heterocycles. The molecule has 7 nitrogen and oxygen atoms in total. The molecule has 1 aromatic rings. The molecular formula is C12H18O7P2. The fraction of sp³-hybridized carbons (Fsp3) is 0.333. The summed E-state index contributed by atoms with van der Waals surface area (Å²) in [5.74, 6) is 0. The molecule has 1 aromatic carbocycles. The van der Waals surface area contributed by atoms with Gasteiger partial charge < -0.3 is 14.7 Å². The third-order valence-electron chi connectivity index (χ3n) is 2.53. The van der Waals surface area contributed by atoms with Crippen LogP contribution in [-0.4, -0.2) is 21.3 Å². The predicted molar refractivity (Wildman–Crippen MR) is 77.4 cm³/mol. The molecule has 9 heteroatoms. The molecule has 0 aliphatic carbocycles. The van der Waals surface area contributed by atoms with E-state index in [2.05, 4.69) is 8.83 Å². The van der Waals surface area contributed by atoms with Gasteiger partial charge in [-0.05, 0) is 25.3 Å². The lowest BCUT2D eigenvalue weighted by Gasteiger charge is -2.11. The molecule has 0 spiro atoms. The summed E-state index contributed by atoms with van der Waals surface area (Å²) in [5.41, 5.74) is 2.10. The number of aryl methyl sites for hydroxylation is 1. The third-order valence-corrected chi connectivity index (χ3v) is 4.68. The Labute approximate surface area is 123 Å². The fourth-order valence-corrected chi connectivity index (χ4v) is 3.05. The van der Waals surface area contributed by atoms with Crippen molar-refractivity contribution >= 4 is 15.6 Å². The lowest BCUT2D eigenvalue weighted by molar-refractivity contribution is 0.191.